The van der Waals surface area contributed by atoms with Crippen molar-refractivity contribution in [2.75, 3.05) is 0 Å². The van der Waals surface area contributed by atoms with Crippen molar-refractivity contribution < 1.29 is 0 Å². The second-order valence-electron chi connectivity index (χ2n) is 4.88. The Balaban J connectivity index is 1.90. The molecule has 2 aliphatic rings. The van der Waals surface area contributed by atoms with E-state index < -0.39 is 0 Å². The summed E-state index contributed by atoms with van der Waals surface area (Å²) in [5.74, 6) is 0. The van der Waals surface area contributed by atoms with Gasteiger partial charge in [0.1, 0.15) is 0 Å². The predicted octanol–water partition coefficient (Wildman–Crippen LogP) is 2.48. The fraction of sp³-hybridized carbons (Fsp3) is 0.538. The zero-order valence-corrected chi connectivity index (χ0v) is 11.0. The summed E-state index contributed by atoms with van der Waals surface area (Å²) in [6.07, 6.45) is 3.84. The van der Waals surface area contributed by atoms with E-state index in [2.05, 4.69) is 51.9 Å². The summed E-state index contributed by atoms with van der Waals surface area (Å²) in [6.45, 7) is 2.19. The highest BCUT2D eigenvalue weighted by atomic mass is 79.9. The summed E-state index contributed by atoms with van der Waals surface area (Å²) in [5.41, 5.74) is 11.2. The molecule has 0 saturated carbocycles. The number of alkyl halides is 1. The molecule has 3 unspecified atom stereocenters. The molecular formula is C13H17BrN2. The first kappa shape index (κ1) is 10.8. The molecule has 0 bridgehead atoms. The standard InChI is InChI=1S/C13H17BrN2/c1-8-12(14)13(16-15-8)11-6-5-9-3-2-4-10(9)7-11/h5-8,12-13,15-16H,2-4H2,1H3. The zero-order valence-electron chi connectivity index (χ0n) is 9.46. The van der Waals surface area contributed by atoms with E-state index >= 15 is 0 Å². The largest absolute Gasteiger partial charge is 0.253 e. The van der Waals surface area contributed by atoms with Gasteiger partial charge in [-0.1, -0.05) is 34.1 Å². The van der Waals surface area contributed by atoms with E-state index in [1.165, 1.54) is 24.8 Å². The average Bonchev–Trinajstić information content (AvgIpc) is 2.86. The molecule has 1 fully saturated rings. The minimum Gasteiger partial charge on any atom is -0.253 e. The molecule has 2 N–H and O–H groups in total. The highest BCUT2D eigenvalue weighted by Crippen LogP contribution is 2.31. The van der Waals surface area contributed by atoms with E-state index in [9.17, 15) is 0 Å². The Morgan fingerprint density at radius 1 is 1.19 bits per heavy atom. The Labute approximate surface area is 105 Å². The Morgan fingerprint density at radius 3 is 2.75 bits per heavy atom. The van der Waals surface area contributed by atoms with E-state index in [0.29, 0.717) is 16.9 Å². The van der Waals surface area contributed by atoms with Crippen molar-refractivity contribution in [2.24, 2.45) is 0 Å². The van der Waals surface area contributed by atoms with Crippen molar-refractivity contribution in [1.29, 1.82) is 0 Å². The third kappa shape index (κ3) is 1.71. The van der Waals surface area contributed by atoms with Gasteiger partial charge in [-0.3, -0.25) is 5.43 Å². The van der Waals surface area contributed by atoms with Gasteiger partial charge in [-0.05, 0) is 42.9 Å². The summed E-state index contributed by atoms with van der Waals surface area (Å²) in [7, 11) is 0. The number of aryl methyl sites for hydroxylation is 2. The van der Waals surface area contributed by atoms with Crippen LogP contribution >= 0.6 is 15.9 Å². The summed E-state index contributed by atoms with van der Waals surface area (Å²) in [6, 6.07) is 7.82. The maximum Gasteiger partial charge on any atom is 0.0603 e. The van der Waals surface area contributed by atoms with Gasteiger partial charge in [-0.25, -0.2) is 5.43 Å². The number of fused-ring (bicyclic) bond motifs is 1. The van der Waals surface area contributed by atoms with Crippen molar-refractivity contribution in [3.8, 4) is 0 Å². The topological polar surface area (TPSA) is 24.1 Å². The zero-order chi connectivity index (χ0) is 11.1. The van der Waals surface area contributed by atoms with Gasteiger partial charge in [-0.2, -0.15) is 0 Å². The van der Waals surface area contributed by atoms with Crippen molar-refractivity contribution in [1.82, 2.24) is 10.9 Å². The minimum atomic E-state index is 0.390. The van der Waals surface area contributed by atoms with Crippen LogP contribution in [0.5, 0.6) is 0 Å². The van der Waals surface area contributed by atoms with Gasteiger partial charge < -0.3 is 0 Å². The Hall–Kier alpha value is -0.380. The van der Waals surface area contributed by atoms with Crippen molar-refractivity contribution >= 4 is 15.9 Å². The van der Waals surface area contributed by atoms with Gasteiger partial charge in [0.25, 0.3) is 0 Å². The van der Waals surface area contributed by atoms with E-state index in [1.54, 1.807) is 11.1 Å². The molecule has 0 radical (unpaired) electrons. The van der Waals surface area contributed by atoms with Gasteiger partial charge >= 0.3 is 0 Å². The van der Waals surface area contributed by atoms with Crippen LogP contribution in [-0.4, -0.2) is 10.9 Å². The summed E-state index contributed by atoms with van der Waals surface area (Å²) in [5, 5.41) is 0. The summed E-state index contributed by atoms with van der Waals surface area (Å²) < 4.78 is 0. The number of benzene rings is 1. The molecule has 3 rings (SSSR count). The Morgan fingerprint density at radius 2 is 2.00 bits per heavy atom. The van der Waals surface area contributed by atoms with Crippen LogP contribution in [-0.2, 0) is 12.8 Å². The molecule has 1 saturated heterocycles. The maximum absolute atomic E-state index is 3.76. The van der Waals surface area contributed by atoms with Crippen LogP contribution in [0.2, 0.25) is 0 Å². The quantitative estimate of drug-likeness (QED) is 0.773. The molecule has 86 valence electrons. The summed E-state index contributed by atoms with van der Waals surface area (Å²) >= 11 is 3.76. The maximum atomic E-state index is 3.76. The first-order chi connectivity index (χ1) is 7.75. The third-order valence-electron chi connectivity index (χ3n) is 3.74. The van der Waals surface area contributed by atoms with Crippen LogP contribution in [0.3, 0.4) is 0 Å². The molecule has 2 nitrogen and oxygen atoms in total. The number of halogens is 1. The Bertz CT molecular complexity index is 405. The summed E-state index contributed by atoms with van der Waals surface area (Å²) in [4.78, 5) is 0.465. The second-order valence-corrected chi connectivity index (χ2v) is 5.94. The second kappa shape index (κ2) is 4.13. The molecule has 1 aliphatic carbocycles. The minimum absolute atomic E-state index is 0.390. The monoisotopic (exact) mass is 280 g/mol. The van der Waals surface area contributed by atoms with Crippen LogP contribution in [0.15, 0.2) is 18.2 Å². The number of hydrazine groups is 1. The predicted molar refractivity (Wildman–Crippen MR) is 69.7 cm³/mol. The highest BCUT2D eigenvalue weighted by Gasteiger charge is 2.32. The Kier molecular flexibility index (Phi) is 2.78. The fourth-order valence-electron chi connectivity index (χ4n) is 2.72. The molecule has 1 aliphatic heterocycles. The van der Waals surface area contributed by atoms with Gasteiger partial charge in [0.05, 0.1) is 10.9 Å². The number of hydrogen-bond acceptors (Lipinski definition) is 2. The molecule has 0 aromatic heterocycles. The number of hydrogen-bond donors (Lipinski definition) is 2. The van der Waals surface area contributed by atoms with Crippen molar-refractivity contribution in [2.45, 2.75) is 43.1 Å². The molecule has 0 spiro atoms. The van der Waals surface area contributed by atoms with E-state index in [-0.39, 0.29) is 0 Å². The first-order valence-corrected chi connectivity index (χ1v) is 6.94. The van der Waals surface area contributed by atoms with E-state index in [1.807, 2.05) is 0 Å². The molecule has 16 heavy (non-hydrogen) atoms. The molecule has 0 amide bonds. The van der Waals surface area contributed by atoms with Crippen molar-refractivity contribution in [3.05, 3.63) is 34.9 Å². The lowest BCUT2D eigenvalue weighted by Crippen LogP contribution is -2.29. The fourth-order valence-corrected chi connectivity index (χ4v) is 3.29. The molecular weight excluding hydrogens is 264 g/mol. The normalized spacial score (nSPS) is 33.0. The van der Waals surface area contributed by atoms with E-state index in [0.717, 1.165) is 0 Å². The first-order valence-electron chi connectivity index (χ1n) is 6.02. The van der Waals surface area contributed by atoms with E-state index in [4.69, 9.17) is 0 Å². The van der Waals surface area contributed by atoms with Crippen LogP contribution < -0.4 is 10.9 Å². The average molecular weight is 281 g/mol. The smallest absolute Gasteiger partial charge is 0.0603 e. The van der Waals surface area contributed by atoms with Gasteiger partial charge in [0.2, 0.25) is 0 Å². The highest BCUT2D eigenvalue weighted by molar-refractivity contribution is 9.09. The van der Waals surface area contributed by atoms with Gasteiger partial charge in [-0.15, -0.1) is 0 Å². The lowest BCUT2D eigenvalue weighted by Gasteiger charge is -2.16. The molecule has 1 aromatic rings. The van der Waals surface area contributed by atoms with Crippen LogP contribution in [0.25, 0.3) is 0 Å². The SMILES string of the molecule is CC1NNC(c2ccc3c(c2)CCC3)C1Br. The third-order valence-corrected chi connectivity index (χ3v) is 5.07. The number of rotatable bonds is 1. The van der Waals surface area contributed by atoms with Crippen molar-refractivity contribution in [3.63, 3.8) is 0 Å². The lowest BCUT2D eigenvalue weighted by atomic mass is 9.98. The van der Waals surface area contributed by atoms with Gasteiger partial charge in [0, 0.05) is 6.04 Å². The molecule has 1 aromatic carbocycles. The van der Waals surface area contributed by atoms with Crippen LogP contribution in [0, 0.1) is 0 Å². The van der Waals surface area contributed by atoms with Gasteiger partial charge in [0.15, 0.2) is 0 Å². The number of nitrogens with one attached hydrogen (secondary N) is 2. The van der Waals surface area contributed by atoms with Crippen LogP contribution in [0.1, 0.15) is 36.1 Å². The molecule has 3 atom stereocenters. The molecule has 1 heterocycles. The molecule has 3 heteroatoms. The lowest BCUT2D eigenvalue weighted by molar-refractivity contribution is 0.560. The van der Waals surface area contributed by atoms with Crippen LogP contribution in [0.4, 0.5) is 0 Å².